The Labute approximate surface area is 153 Å². The van der Waals surface area contributed by atoms with Crippen LogP contribution in [0.5, 0.6) is 0 Å². The van der Waals surface area contributed by atoms with Crippen LogP contribution in [0.4, 0.5) is 0 Å². The van der Waals surface area contributed by atoms with Crippen LogP contribution in [0.25, 0.3) is 22.2 Å². The maximum absolute atomic E-state index is 6.24. The summed E-state index contributed by atoms with van der Waals surface area (Å²) in [6, 6.07) is 10.2. The van der Waals surface area contributed by atoms with Crippen LogP contribution in [-0.4, -0.2) is 11.5 Å². The lowest BCUT2D eigenvalue weighted by Gasteiger charge is -2.07. The quantitative estimate of drug-likeness (QED) is 0.535. The predicted octanol–water partition coefficient (Wildman–Crippen LogP) is 6.04. The summed E-state index contributed by atoms with van der Waals surface area (Å²) in [6.07, 6.45) is 3.10. The number of hydrogen-bond acceptors (Lipinski definition) is 1. The molecule has 0 radical (unpaired) electrons. The Balaban J connectivity index is 2.21. The minimum atomic E-state index is 0.577. The topological polar surface area (TPSA) is 41.8 Å². The van der Waals surface area contributed by atoms with E-state index in [0.717, 1.165) is 37.1 Å². The molecule has 24 heavy (non-hydrogen) atoms. The lowest BCUT2D eigenvalue weighted by molar-refractivity contribution is 0.748. The third kappa shape index (κ3) is 3.19. The molecule has 3 aromatic rings. The van der Waals surface area contributed by atoms with Gasteiger partial charge in [-0.3, -0.25) is 0 Å². The van der Waals surface area contributed by atoms with Crippen molar-refractivity contribution in [2.75, 3.05) is 6.54 Å². The molecule has 0 aliphatic heterocycles. The molecule has 0 amide bonds. The standard InChI is InChI=1S/C20H22Cl2N2/c1-12-6-7-13(2)19-18(12)15(5-3-4-10-23)20(24-19)14-8-9-16(21)17(22)11-14/h6-9,11,24H,3-5,10,23H2,1-2H3. The summed E-state index contributed by atoms with van der Waals surface area (Å²) in [5.41, 5.74) is 13.0. The van der Waals surface area contributed by atoms with Gasteiger partial charge in [0.05, 0.1) is 10.0 Å². The van der Waals surface area contributed by atoms with Crippen molar-refractivity contribution in [3.8, 4) is 11.3 Å². The summed E-state index contributed by atoms with van der Waals surface area (Å²) in [7, 11) is 0. The van der Waals surface area contributed by atoms with E-state index in [1.54, 1.807) is 0 Å². The summed E-state index contributed by atoms with van der Waals surface area (Å²) in [6.45, 7) is 5.03. The average molecular weight is 361 g/mol. The van der Waals surface area contributed by atoms with Crippen LogP contribution in [0.1, 0.15) is 29.5 Å². The first kappa shape index (κ1) is 17.3. The number of H-pyrrole nitrogens is 1. The molecule has 3 N–H and O–H groups in total. The van der Waals surface area contributed by atoms with Crippen LogP contribution in [-0.2, 0) is 6.42 Å². The molecule has 2 nitrogen and oxygen atoms in total. The number of hydrogen-bond donors (Lipinski definition) is 2. The summed E-state index contributed by atoms with van der Waals surface area (Å²) >= 11 is 12.3. The Morgan fingerprint density at radius 3 is 2.42 bits per heavy atom. The van der Waals surface area contributed by atoms with Crippen LogP contribution >= 0.6 is 23.2 Å². The Hall–Kier alpha value is -1.48. The molecule has 0 saturated heterocycles. The van der Waals surface area contributed by atoms with E-state index in [9.17, 15) is 0 Å². The minimum Gasteiger partial charge on any atom is -0.354 e. The van der Waals surface area contributed by atoms with E-state index in [1.165, 1.54) is 27.6 Å². The van der Waals surface area contributed by atoms with E-state index < -0.39 is 0 Å². The van der Waals surface area contributed by atoms with Gasteiger partial charge in [0.2, 0.25) is 0 Å². The van der Waals surface area contributed by atoms with Crippen molar-refractivity contribution in [2.24, 2.45) is 5.73 Å². The molecule has 3 rings (SSSR count). The lowest BCUT2D eigenvalue weighted by atomic mass is 9.97. The van der Waals surface area contributed by atoms with E-state index in [2.05, 4.69) is 31.0 Å². The average Bonchev–Trinajstić information content (AvgIpc) is 2.95. The highest BCUT2D eigenvalue weighted by Crippen LogP contribution is 2.36. The zero-order valence-electron chi connectivity index (χ0n) is 14.0. The summed E-state index contributed by atoms with van der Waals surface area (Å²) in [4.78, 5) is 3.63. The van der Waals surface area contributed by atoms with Crippen LogP contribution in [0.2, 0.25) is 10.0 Å². The highest BCUT2D eigenvalue weighted by molar-refractivity contribution is 6.42. The molecular formula is C20H22Cl2N2. The second-order valence-corrected chi connectivity index (χ2v) is 7.12. The van der Waals surface area contributed by atoms with Gasteiger partial charge in [-0.15, -0.1) is 0 Å². The molecule has 1 aromatic heterocycles. The fourth-order valence-corrected chi connectivity index (χ4v) is 3.58. The van der Waals surface area contributed by atoms with Gasteiger partial charge >= 0.3 is 0 Å². The maximum Gasteiger partial charge on any atom is 0.0599 e. The van der Waals surface area contributed by atoms with Crippen molar-refractivity contribution in [2.45, 2.75) is 33.1 Å². The summed E-state index contributed by atoms with van der Waals surface area (Å²) < 4.78 is 0. The molecule has 1 heterocycles. The number of fused-ring (bicyclic) bond motifs is 1. The van der Waals surface area contributed by atoms with Gasteiger partial charge in [-0.2, -0.15) is 0 Å². The normalized spacial score (nSPS) is 11.4. The van der Waals surface area contributed by atoms with Crippen molar-refractivity contribution in [1.29, 1.82) is 0 Å². The second-order valence-electron chi connectivity index (χ2n) is 6.30. The second kappa shape index (κ2) is 7.18. The fourth-order valence-electron chi connectivity index (χ4n) is 3.28. The van der Waals surface area contributed by atoms with Crippen LogP contribution in [0, 0.1) is 13.8 Å². The lowest BCUT2D eigenvalue weighted by Crippen LogP contribution is -1.99. The SMILES string of the molecule is Cc1ccc(C)c2c(CCCCN)c(-c3ccc(Cl)c(Cl)c3)[nH]c12. The molecule has 0 aliphatic rings. The first-order valence-electron chi connectivity index (χ1n) is 8.29. The Bertz CT molecular complexity index is 881. The Morgan fingerprint density at radius 2 is 1.71 bits per heavy atom. The van der Waals surface area contributed by atoms with Crippen LogP contribution < -0.4 is 5.73 Å². The first-order chi connectivity index (χ1) is 11.5. The van der Waals surface area contributed by atoms with Gasteiger partial charge in [-0.1, -0.05) is 41.4 Å². The Kier molecular flexibility index (Phi) is 5.19. The molecule has 0 fully saturated rings. The van der Waals surface area contributed by atoms with E-state index in [0.29, 0.717) is 10.0 Å². The third-order valence-corrected chi connectivity index (χ3v) is 5.30. The molecule has 4 heteroatoms. The molecule has 0 atom stereocenters. The van der Waals surface area contributed by atoms with E-state index in [4.69, 9.17) is 28.9 Å². The third-order valence-electron chi connectivity index (χ3n) is 4.56. The molecular weight excluding hydrogens is 339 g/mol. The van der Waals surface area contributed by atoms with Gasteiger partial charge in [0, 0.05) is 16.6 Å². The number of halogens is 2. The van der Waals surface area contributed by atoms with Crippen molar-refractivity contribution in [3.05, 3.63) is 57.1 Å². The summed E-state index contributed by atoms with van der Waals surface area (Å²) in [5, 5.41) is 2.48. The highest BCUT2D eigenvalue weighted by Gasteiger charge is 2.16. The van der Waals surface area contributed by atoms with Gasteiger partial charge in [-0.05, 0) is 74.0 Å². The molecule has 0 unspecified atom stereocenters. The summed E-state index contributed by atoms with van der Waals surface area (Å²) in [5.74, 6) is 0. The number of nitrogens with two attached hydrogens (primary N) is 1. The molecule has 0 bridgehead atoms. The number of aromatic nitrogens is 1. The van der Waals surface area contributed by atoms with Crippen molar-refractivity contribution in [1.82, 2.24) is 4.98 Å². The smallest absolute Gasteiger partial charge is 0.0599 e. The number of aryl methyl sites for hydroxylation is 3. The molecule has 0 aliphatic carbocycles. The molecule has 126 valence electrons. The zero-order chi connectivity index (χ0) is 17.3. The number of rotatable bonds is 5. The maximum atomic E-state index is 6.24. The van der Waals surface area contributed by atoms with Gasteiger partial charge in [-0.25, -0.2) is 0 Å². The van der Waals surface area contributed by atoms with Crippen molar-refractivity contribution < 1.29 is 0 Å². The van der Waals surface area contributed by atoms with E-state index in [-0.39, 0.29) is 0 Å². The molecule has 0 saturated carbocycles. The van der Waals surface area contributed by atoms with E-state index in [1.807, 2.05) is 18.2 Å². The van der Waals surface area contributed by atoms with Crippen LogP contribution in [0.15, 0.2) is 30.3 Å². The number of benzene rings is 2. The molecule has 2 aromatic carbocycles. The van der Waals surface area contributed by atoms with Crippen molar-refractivity contribution in [3.63, 3.8) is 0 Å². The van der Waals surface area contributed by atoms with Crippen LogP contribution in [0.3, 0.4) is 0 Å². The first-order valence-corrected chi connectivity index (χ1v) is 9.04. The number of aromatic amines is 1. The van der Waals surface area contributed by atoms with E-state index >= 15 is 0 Å². The van der Waals surface area contributed by atoms with Gasteiger partial charge in [0.1, 0.15) is 0 Å². The van der Waals surface area contributed by atoms with Gasteiger partial charge < -0.3 is 10.7 Å². The largest absolute Gasteiger partial charge is 0.354 e. The predicted molar refractivity (Wildman–Crippen MR) is 105 cm³/mol. The van der Waals surface area contributed by atoms with Gasteiger partial charge in [0.15, 0.2) is 0 Å². The number of unbranched alkanes of at least 4 members (excludes halogenated alkanes) is 1. The number of nitrogens with one attached hydrogen (secondary N) is 1. The van der Waals surface area contributed by atoms with Crippen molar-refractivity contribution >= 4 is 34.1 Å². The molecule has 0 spiro atoms. The minimum absolute atomic E-state index is 0.577. The fraction of sp³-hybridized carbons (Fsp3) is 0.300. The van der Waals surface area contributed by atoms with Gasteiger partial charge in [0.25, 0.3) is 0 Å². The monoisotopic (exact) mass is 360 g/mol. The Morgan fingerprint density at radius 1 is 0.958 bits per heavy atom. The zero-order valence-corrected chi connectivity index (χ0v) is 15.6. The highest BCUT2D eigenvalue weighted by atomic mass is 35.5.